The van der Waals surface area contributed by atoms with Gasteiger partial charge in [0.15, 0.2) is 0 Å². The van der Waals surface area contributed by atoms with E-state index in [0.717, 1.165) is 24.1 Å². The number of carbonyl (C=O) groups excluding carboxylic acids is 2. The third-order valence-corrected chi connectivity index (χ3v) is 5.00. The predicted octanol–water partition coefficient (Wildman–Crippen LogP) is 2.10. The van der Waals surface area contributed by atoms with Crippen molar-refractivity contribution in [2.24, 2.45) is 5.92 Å². The lowest BCUT2D eigenvalue weighted by Crippen LogP contribution is -2.55. The van der Waals surface area contributed by atoms with Gasteiger partial charge in [-0.1, -0.05) is 45.0 Å². The Morgan fingerprint density at radius 1 is 1.20 bits per heavy atom. The van der Waals surface area contributed by atoms with Crippen LogP contribution in [0.4, 0.5) is 0 Å². The van der Waals surface area contributed by atoms with Gasteiger partial charge >= 0.3 is 0 Å². The molecule has 138 valence electrons. The van der Waals surface area contributed by atoms with E-state index >= 15 is 0 Å². The van der Waals surface area contributed by atoms with Crippen LogP contribution < -0.4 is 10.6 Å². The number of hydrogen-bond acceptors (Lipinski definition) is 3. The predicted molar refractivity (Wildman–Crippen MR) is 100 cm³/mol. The van der Waals surface area contributed by atoms with Gasteiger partial charge in [0.25, 0.3) is 0 Å². The maximum atomic E-state index is 12.8. The number of nitrogens with one attached hydrogen (secondary N) is 2. The van der Waals surface area contributed by atoms with E-state index in [1.807, 2.05) is 45.9 Å². The number of amides is 2. The van der Waals surface area contributed by atoms with Gasteiger partial charge in [-0.3, -0.25) is 9.59 Å². The lowest BCUT2D eigenvalue weighted by atomic mass is 9.92. The average Bonchev–Trinajstić information content (AvgIpc) is 2.64. The van der Waals surface area contributed by atoms with E-state index in [2.05, 4.69) is 16.7 Å². The number of rotatable bonds is 7. The normalized spacial score (nSPS) is 19.0. The highest BCUT2D eigenvalue weighted by atomic mass is 16.2. The highest BCUT2D eigenvalue weighted by Gasteiger charge is 2.35. The van der Waals surface area contributed by atoms with Gasteiger partial charge in [0, 0.05) is 31.5 Å². The van der Waals surface area contributed by atoms with Crippen molar-refractivity contribution < 1.29 is 9.59 Å². The molecule has 2 amide bonds. The van der Waals surface area contributed by atoms with Crippen molar-refractivity contribution in [3.8, 4) is 0 Å². The van der Waals surface area contributed by atoms with E-state index in [0.29, 0.717) is 19.5 Å². The van der Waals surface area contributed by atoms with Gasteiger partial charge in [0.2, 0.25) is 11.8 Å². The molecule has 1 aliphatic rings. The summed E-state index contributed by atoms with van der Waals surface area (Å²) in [6, 6.07) is 7.88. The van der Waals surface area contributed by atoms with Crippen molar-refractivity contribution in [1.29, 1.82) is 0 Å². The smallest absolute Gasteiger partial charge is 0.243 e. The maximum absolute atomic E-state index is 12.8. The molecule has 0 aliphatic carbocycles. The Hall–Kier alpha value is -1.88. The fraction of sp³-hybridized carbons (Fsp3) is 0.600. The molecule has 2 N–H and O–H groups in total. The first-order valence-corrected chi connectivity index (χ1v) is 9.36. The molecular weight excluding hydrogens is 314 g/mol. The Morgan fingerprint density at radius 3 is 2.52 bits per heavy atom. The van der Waals surface area contributed by atoms with Crippen LogP contribution in [0.15, 0.2) is 24.3 Å². The van der Waals surface area contributed by atoms with Gasteiger partial charge in [-0.05, 0) is 31.0 Å². The topological polar surface area (TPSA) is 61.4 Å². The second kappa shape index (κ2) is 8.99. The van der Waals surface area contributed by atoms with Gasteiger partial charge in [0.1, 0.15) is 6.04 Å². The standard InChI is InChI=1S/C20H31N3O2/c1-5-14(3)20(25)23-13-17-10-8-7-9-16(17)11-18(23)19(24)22-12-15(4)21-6-2/h7-10,14-15,18,21H,5-6,11-13H2,1-4H3,(H,22,24)/t14?,15-,18?/m1/s1. The zero-order valence-electron chi connectivity index (χ0n) is 15.8. The van der Waals surface area contributed by atoms with Crippen LogP contribution in [0.3, 0.4) is 0 Å². The lowest BCUT2D eigenvalue weighted by Gasteiger charge is -2.37. The van der Waals surface area contributed by atoms with Gasteiger partial charge in [0.05, 0.1) is 0 Å². The fourth-order valence-electron chi connectivity index (χ4n) is 3.24. The maximum Gasteiger partial charge on any atom is 0.243 e. The first-order valence-electron chi connectivity index (χ1n) is 9.36. The van der Waals surface area contributed by atoms with Crippen LogP contribution >= 0.6 is 0 Å². The molecule has 1 aliphatic heterocycles. The van der Waals surface area contributed by atoms with Crippen LogP contribution in [0.1, 0.15) is 45.2 Å². The number of likely N-dealkylation sites (N-methyl/N-ethyl adjacent to an activating group) is 1. The Labute approximate surface area is 151 Å². The highest BCUT2D eigenvalue weighted by molar-refractivity contribution is 5.89. The van der Waals surface area contributed by atoms with E-state index in [9.17, 15) is 9.59 Å². The van der Waals surface area contributed by atoms with Gasteiger partial charge in [-0.15, -0.1) is 0 Å². The van der Waals surface area contributed by atoms with E-state index in [-0.39, 0.29) is 23.8 Å². The molecule has 1 aromatic rings. The summed E-state index contributed by atoms with van der Waals surface area (Å²) >= 11 is 0. The number of carbonyl (C=O) groups is 2. The zero-order valence-corrected chi connectivity index (χ0v) is 15.8. The van der Waals surface area contributed by atoms with Crippen molar-refractivity contribution >= 4 is 11.8 Å². The van der Waals surface area contributed by atoms with Gasteiger partial charge in [-0.2, -0.15) is 0 Å². The summed E-state index contributed by atoms with van der Waals surface area (Å²) in [5.74, 6) is -0.0611. The quantitative estimate of drug-likeness (QED) is 0.795. The first kappa shape index (κ1) is 19.4. The van der Waals surface area contributed by atoms with Crippen LogP contribution in [-0.4, -0.2) is 41.9 Å². The molecule has 3 atom stereocenters. The van der Waals surface area contributed by atoms with Crippen LogP contribution in [-0.2, 0) is 22.6 Å². The Balaban J connectivity index is 2.16. The SMILES string of the molecule is CCN[C@H](C)CNC(=O)C1Cc2ccccc2CN1C(=O)C(C)CC. The number of nitrogens with zero attached hydrogens (tertiary/aromatic N) is 1. The van der Waals surface area contributed by atoms with Crippen LogP contribution in [0, 0.1) is 5.92 Å². The van der Waals surface area contributed by atoms with Crippen molar-refractivity contribution in [1.82, 2.24) is 15.5 Å². The van der Waals surface area contributed by atoms with Crippen LogP contribution in [0.25, 0.3) is 0 Å². The molecular formula is C20H31N3O2. The zero-order chi connectivity index (χ0) is 18.4. The molecule has 0 radical (unpaired) electrons. The number of fused-ring (bicyclic) bond motifs is 1. The average molecular weight is 345 g/mol. The van der Waals surface area contributed by atoms with Crippen LogP contribution in [0.5, 0.6) is 0 Å². The van der Waals surface area contributed by atoms with Crippen molar-refractivity contribution in [3.63, 3.8) is 0 Å². The van der Waals surface area contributed by atoms with E-state index < -0.39 is 6.04 Å². The molecule has 0 fully saturated rings. The minimum absolute atomic E-state index is 0.0593. The summed E-state index contributed by atoms with van der Waals surface area (Å²) in [6.07, 6.45) is 1.36. The molecule has 5 nitrogen and oxygen atoms in total. The number of hydrogen-bond donors (Lipinski definition) is 2. The summed E-state index contributed by atoms with van der Waals surface area (Å²) in [4.78, 5) is 27.4. The molecule has 0 bridgehead atoms. The van der Waals surface area contributed by atoms with Crippen LogP contribution in [0.2, 0.25) is 0 Å². The molecule has 25 heavy (non-hydrogen) atoms. The monoisotopic (exact) mass is 345 g/mol. The lowest BCUT2D eigenvalue weighted by molar-refractivity contribution is -0.144. The fourth-order valence-corrected chi connectivity index (χ4v) is 3.24. The van der Waals surface area contributed by atoms with Crippen molar-refractivity contribution in [3.05, 3.63) is 35.4 Å². The third-order valence-electron chi connectivity index (χ3n) is 5.00. The molecule has 2 rings (SSSR count). The Morgan fingerprint density at radius 2 is 1.88 bits per heavy atom. The van der Waals surface area contributed by atoms with E-state index in [4.69, 9.17) is 0 Å². The largest absolute Gasteiger partial charge is 0.353 e. The molecule has 0 aromatic heterocycles. The minimum atomic E-state index is -0.426. The first-order chi connectivity index (χ1) is 12.0. The minimum Gasteiger partial charge on any atom is -0.353 e. The second-order valence-electron chi connectivity index (χ2n) is 6.97. The van der Waals surface area contributed by atoms with Crippen molar-refractivity contribution in [2.45, 2.75) is 59.2 Å². The highest BCUT2D eigenvalue weighted by Crippen LogP contribution is 2.25. The van der Waals surface area contributed by atoms with E-state index in [1.165, 1.54) is 0 Å². The molecule has 1 heterocycles. The Bertz CT molecular complexity index is 602. The third kappa shape index (κ3) is 4.82. The summed E-state index contributed by atoms with van der Waals surface area (Å²) in [7, 11) is 0. The summed E-state index contributed by atoms with van der Waals surface area (Å²) in [5, 5.41) is 6.30. The molecule has 2 unspecified atom stereocenters. The van der Waals surface area contributed by atoms with Crippen molar-refractivity contribution in [2.75, 3.05) is 13.1 Å². The molecule has 5 heteroatoms. The van der Waals surface area contributed by atoms with Gasteiger partial charge in [-0.25, -0.2) is 0 Å². The molecule has 0 saturated carbocycles. The van der Waals surface area contributed by atoms with Gasteiger partial charge < -0.3 is 15.5 Å². The second-order valence-corrected chi connectivity index (χ2v) is 6.97. The molecule has 0 spiro atoms. The molecule has 0 saturated heterocycles. The molecule has 1 aromatic carbocycles. The summed E-state index contributed by atoms with van der Waals surface area (Å²) < 4.78 is 0. The summed E-state index contributed by atoms with van der Waals surface area (Å²) in [6.45, 7) is 9.98. The van der Waals surface area contributed by atoms with E-state index in [1.54, 1.807) is 4.90 Å². The Kier molecular flexibility index (Phi) is 7.00. The number of benzene rings is 1. The summed E-state index contributed by atoms with van der Waals surface area (Å²) in [5.41, 5.74) is 2.31.